The molecule has 2 N–H and O–H groups in total. The number of nitrogens with two attached hydrogens (primary N) is 1. The first kappa shape index (κ1) is 13.3. The van der Waals surface area contributed by atoms with E-state index in [1.54, 1.807) is 0 Å². The number of hydrogen-bond donors (Lipinski definition) is 1. The highest BCUT2D eigenvalue weighted by Crippen LogP contribution is 2.27. The fourth-order valence-electron chi connectivity index (χ4n) is 2.51. The van der Waals surface area contributed by atoms with Crippen molar-refractivity contribution in [3.63, 3.8) is 0 Å². The van der Waals surface area contributed by atoms with Crippen molar-refractivity contribution in [1.82, 2.24) is 4.57 Å². The molecule has 0 spiro atoms. The van der Waals surface area contributed by atoms with Gasteiger partial charge in [0.1, 0.15) is 5.76 Å². The Bertz CT molecular complexity index is 802. The van der Waals surface area contributed by atoms with Crippen molar-refractivity contribution in [2.24, 2.45) is 0 Å². The van der Waals surface area contributed by atoms with E-state index in [1.165, 1.54) is 0 Å². The summed E-state index contributed by atoms with van der Waals surface area (Å²) in [7, 11) is 0. The van der Waals surface area contributed by atoms with Crippen molar-refractivity contribution < 1.29 is 4.74 Å². The second-order valence-electron chi connectivity index (χ2n) is 4.88. The Morgan fingerprint density at radius 3 is 2.81 bits per heavy atom. The zero-order chi connectivity index (χ0) is 14.8. The monoisotopic (exact) mass is 278 g/mol. The quantitative estimate of drug-likeness (QED) is 0.726. The molecule has 1 aromatic heterocycles. The van der Waals surface area contributed by atoms with Gasteiger partial charge in [0.15, 0.2) is 0 Å². The van der Waals surface area contributed by atoms with Gasteiger partial charge in [0, 0.05) is 22.8 Å². The average Bonchev–Trinajstić information content (AvgIpc) is 2.85. The third-order valence-electron chi connectivity index (χ3n) is 3.51. The average molecular weight is 278 g/mol. The van der Waals surface area contributed by atoms with Gasteiger partial charge in [-0.2, -0.15) is 0 Å². The minimum Gasteiger partial charge on any atom is -0.494 e. The van der Waals surface area contributed by atoms with Gasteiger partial charge in [0.25, 0.3) is 0 Å². The third-order valence-corrected chi connectivity index (χ3v) is 3.51. The molecule has 2 aromatic carbocycles. The normalized spacial score (nSPS) is 10.7. The van der Waals surface area contributed by atoms with Gasteiger partial charge in [-0.1, -0.05) is 36.9 Å². The molecule has 0 amide bonds. The second-order valence-corrected chi connectivity index (χ2v) is 4.88. The van der Waals surface area contributed by atoms with E-state index >= 15 is 0 Å². The lowest BCUT2D eigenvalue weighted by atomic mass is 10.1. The number of rotatable bonds is 4. The van der Waals surface area contributed by atoms with E-state index in [4.69, 9.17) is 10.5 Å². The van der Waals surface area contributed by atoms with Gasteiger partial charge >= 0.3 is 0 Å². The number of ether oxygens (including phenoxy) is 1. The van der Waals surface area contributed by atoms with Crippen LogP contribution in [0.4, 0.5) is 5.69 Å². The first-order chi connectivity index (χ1) is 10.2. The van der Waals surface area contributed by atoms with Crippen molar-refractivity contribution in [2.75, 3.05) is 12.3 Å². The summed E-state index contributed by atoms with van der Waals surface area (Å²) >= 11 is 0. The van der Waals surface area contributed by atoms with E-state index in [-0.39, 0.29) is 0 Å². The number of fused-ring (bicyclic) bond motifs is 1. The Morgan fingerprint density at radius 2 is 2.00 bits per heavy atom. The zero-order valence-electron chi connectivity index (χ0n) is 12.0. The van der Waals surface area contributed by atoms with Crippen LogP contribution in [0.2, 0.25) is 0 Å². The lowest BCUT2D eigenvalue weighted by molar-refractivity contribution is 0.299. The summed E-state index contributed by atoms with van der Waals surface area (Å²) in [6.45, 7) is 6.53. The second kappa shape index (κ2) is 5.37. The maximum atomic E-state index is 6.10. The van der Waals surface area contributed by atoms with Crippen molar-refractivity contribution in [3.05, 3.63) is 66.9 Å². The van der Waals surface area contributed by atoms with E-state index in [1.807, 2.05) is 43.5 Å². The van der Waals surface area contributed by atoms with Crippen LogP contribution in [0.5, 0.6) is 0 Å². The number of aromatic nitrogens is 1. The molecule has 3 aromatic rings. The summed E-state index contributed by atoms with van der Waals surface area (Å²) in [6.07, 6.45) is 1.95. The van der Waals surface area contributed by atoms with Crippen LogP contribution in [0.25, 0.3) is 22.3 Å². The molecular formula is C18H18N2O. The van der Waals surface area contributed by atoms with Crippen LogP contribution in [-0.2, 0) is 4.74 Å². The van der Waals surface area contributed by atoms with Crippen LogP contribution < -0.4 is 5.73 Å². The fraction of sp³-hybridized carbons (Fsp3) is 0.111. The molecule has 106 valence electrons. The molecule has 0 bridgehead atoms. The summed E-state index contributed by atoms with van der Waals surface area (Å²) in [5.41, 5.74) is 9.99. The predicted octanol–water partition coefficient (Wildman–Crippen LogP) is 4.22. The van der Waals surface area contributed by atoms with Crippen LogP contribution in [0.1, 0.15) is 12.5 Å². The lowest BCUT2D eigenvalue weighted by Crippen LogP contribution is -1.95. The molecule has 3 rings (SSSR count). The number of hydrogen-bond acceptors (Lipinski definition) is 2. The summed E-state index contributed by atoms with van der Waals surface area (Å²) in [5, 5.41) is 1.06. The van der Waals surface area contributed by atoms with Gasteiger partial charge in [0.2, 0.25) is 0 Å². The molecule has 3 heteroatoms. The number of benzene rings is 2. The largest absolute Gasteiger partial charge is 0.494 e. The van der Waals surface area contributed by atoms with Crippen LogP contribution >= 0.6 is 0 Å². The number of para-hydroxylation sites is 1. The van der Waals surface area contributed by atoms with Crippen LogP contribution in [0.15, 0.2) is 61.3 Å². The van der Waals surface area contributed by atoms with Crippen molar-refractivity contribution in [3.8, 4) is 5.69 Å². The van der Waals surface area contributed by atoms with Gasteiger partial charge in [-0.3, -0.25) is 0 Å². The smallest absolute Gasteiger partial charge is 0.119 e. The molecule has 0 atom stereocenters. The van der Waals surface area contributed by atoms with Gasteiger partial charge in [-0.05, 0) is 25.1 Å². The van der Waals surface area contributed by atoms with Crippen LogP contribution in [0.3, 0.4) is 0 Å². The van der Waals surface area contributed by atoms with Gasteiger partial charge in [-0.15, -0.1) is 0 Å². The number of nitrogen functional groups attached to an aromatic ring is 1. The Kier molecular flexibility index (Phi) is 3.40. The van der Waals surface area contributed by atoms with Crippen molar-refractivity contribution in [2.45, 2.75) is 6.92 Å². The Morgan fingerprint density at radius 1 is 1.19 bits per heavy atom. The summed E-state index contributed by atoms with van der Waals surface area (Å²) in [5.74, 6) is 0.684. The van der Waals surface area contributed by atoms with Gasteiger partial charge in [-0.25, -0.2) is 0 Å². The van der Waals surface area contributed by atoms with Gasteiger partial charge < -0.3 is 15.0 Å². The lowest BCUT2D eigenvalue weighted by Gasteiger charge is -2.10. The highest BCUT2D eigenvalue weighted by atomic mass is 16.5. The summed E-state index contributed by atoms with van der Waals surface area (Å²) in [4.78, 5) is 0. The Hall–Kier alpha value is -2.68. The molecule has 3 nitrogen and oxygen atoms in total. The molecule has 0 aliphatic rings. The van der Waals surface area contributed by atoms with E-state index < -0.39 is 0 Å². The van der Waals surface area contributed by atoms with E-state index in [9.17, 15) is 0 Å². The molecule has 0 aliphatic carbocycles. The minimum atomic E-state index is 0.614. The Labute approximate surface area is 124 Å². The van der Waals surface area contributed by atoms with Crippen molar-refractivity contribution >= 4 is 22.3 Å². The maximum absolute atomic E-state index is 6.10. The number of anilines is 1. The number of nitrogens with zero attached hydrogens (tertiary/aromatic N) is 1. The molecule has 0 saturated heterocycles. The highest BCUT2D eigenvalue weighted by Gasteiger charge is 2.08. The molecule has 0 radical (unpaired) electrons. The first-order valence-corrected chi connectivity index (χ1v) is 6.98. The van der Waals surface area contributed by atoms with E-state index in [2.05, 4.69) is 29.3 Å². The third kappa shape index (κ3) is 2.38. The molecule has 0 unspecified atom stereocenters. The molecule has 0 aliphatic heterocycles. The van der Waals surface area contributed by atoms with Crippen molar-refractivity contribution in [1.29, 1.82) is 0 Å². The summed E-state index contributed by atoms with van der Waals surface area (Å²) < 4.78 is 7.57. The molecule has 1 heterocycles. The molecule has 21 heavy (non-hydrogen) atoms. The topological polar surface area (TPSA) is 40.2 Å². The highest BCUT2D eigenvalue weighted by molar-refractivity contribution is 5.93. The van der Waals surface area contributed by atoms with Gasteiger partial charge in [0.05, 0.1) is 17.8 Å². The molecule has 0 saturated carbocycles. The van der Waals surface area contributed by atoms with Crippen LogP contribution in [-0.4, -0.2) is 11.2 Å². The zero-order valence-corrected chi connectivity index (χ0v) is 12.0. The maximum Gasteiger partial charge on any atom is 0.119 e. The minimum absolute atomic E-state index is 0.614. The Balaban J connectivity index is 2.11. The predicted molar refractivity (Wildman–Crippen MR) is 88.3 cm³/mol. The van der Waals surface area contributed by atoms with E-state index in [0.717, 1.165) is 27.8 Å². The fourth-order valence-corrected chi connectivity index (χ4v) is 2.51. The first-order valence-electron chi connectivity index (χ1n) is 6.98. The molecule has 0 fully saturated rings. The molecular weight excluding hydrogens is 260 g/mol. The standard InChI is InChI=1S/C18H18N2O/c1-3-21-13(2)14-7-6-8-15(11-14)20-12-17(19)16-9-4-5-10-18(16)20/h4-12H,2-3,19H2,1H3. The van der Waals surface area contributed by atoms with E-state index in [0.29, 0.717) is 12.4 Å². The SMILES string of the molecule is C=C(OCC)c1cccc(-n2cc(N)c3ccccc32)c1. The summed E-state index contributed by atoms with van der Waals surface area (Å²) in [6, 6.07) is 16.2. The van der Waals surface area contributed by atoms with Crippen LogP contribution in [0, 0.1) is 0 Å².